The van der Waals surface area contributed by atoms with Crippen LogP contribution in [-0.2, 0) is 4.79 Å². The third kappa shape index (κ3) is 6.11. The molecule has 0 bridgehead atoms. The molecule has 1 saturated carbocycles. The van der Waals surface area contributed by atoms with Gasteiger partial charge in [-0.05, 0) is 32.2 Å². The van der Waals surface area contributed by atoms with E-state index in [0.717, 1.165) is 32.2 Å². The summed E-state index contributed by atoms with van der Waals surface area (Å²) in [6.45, 7) is 0.772. The first-order valence-corrected chi connectivity index (χ1v) is 6.82. The highest BCUT2D eigenvalue weighted by molar-refractivity contribution is 5.76. The topological polar surface area (TPSA) is 55.1 Å². The number of amides is 1. The summed E-state index contributed by atoms with van der Waals surface area (Å²) in [4.78, 5) is 11.6. The van der Waals surface area contributed by atoms with Gasteiger partial charge in [-0.1, -0.05) is 32.1 Å². The van der Waals surface area contributed by atoms with Crippen LogP contribution < -0.4 is 11.1 Å². The van der Waals surface area contributed by atoms with E-state index in [1.54, 1.807) is 0 Å². The van der Waals surface area contributed by atoms with Crippen LogP contribution in [0.2, 0.25) is 0 Å². The van der Waals surface area contributed by atoms with Gasteiger partial charge < -0.3 is 11.1 Å². The van der Waals surface area contributed by atoms with Gasteiger partial charge in [0.15, 0.2) is 0 Å². The molecule has 3 nitrogen and oxygen atoms in total. The molecule has 0 aromatic rings. The number of carbonyl (C=O) groups is 1. The van der Waals surface area contributed by atoms with E-state index in [-0.39, 0.29) is 5.91 Å². The minimum atomic E-state index is 0.250. The molecule has 1 aliphatic carbocycles. The summed E-state index contributed by atoms with van der Waals surface area (Å²) in [6.07, 6.45) is 11.3. The van der Waals surface area contributed by atoms with E-state index in [1.165, 1.54) is 32.1 Å². The van der Waals surface area contributed by atoms with E-state index >= 15 is 0 Å². The Hall–Kier alpha value is -0.570. The predicted molar refractivity (Wildman–Crippen MR) is 67.2 cm³/mol. The number of hydrogen-bond donors (Lipinski definition) is 2. The number of rotatable bonds is 7. The van der Waals surface area contributed by atoms with Crippen LogP contribution in [0.15, 0.2) is 0 Å². The zero-order chi connectivity index (χ0) is 11.6. The number of hydrogen-bond acceptors (Lipinski definition) is 2. The molecule has 1 aliphatic rings. The van der Waals surface area contributed by atoms with E-state index < -0.39 is 0 Å². The van der Waals surface area contributed by atoms with Crippen LogP contribution in [-0.4, -0.2) is 18.5 Å². The lowest BCUT2D eigenvalue weighted by atomic mass is 9.95. The van der Waals surface area contributed by atoms with Gasteiger partial charge in [0.05, 0.1) is 0 Å². The van der Waals surface area contributed by atoms with Gasteiger partial charge in [-0.3, -0.25) is 4.79 Å². The third-order valence-electron chi connectivity index (χ3n) is 3.33. The minimum Gasteiger partial charge on any atom is -0.353 e. The quantitative estimate of drug-likeness (QED) is 0.655. The Bertz CT molecular complexity index is 188. The van der Waals surface area contributed by atoms with Crippen LogP contribution in [0.4, 0.5) is 0 Å². The molecular weight excluding hydrogens is 200 g/mol. The van der Waals surface area contributed by atoms with Crippen LogP contribution in [0.3, 0.4) is 0 Å². The molecule has 0 radical (unpaired) electrons. The van der Waals surface area contributed by atoms with Gasteiger partial charge in [0.2, 0.25) is 5.91 Å². The van der Waals surface area contributed by atoms with E-state index in [0.29, 0.717) is 12.5 Å². The molecule has 0 atom stereocenters. The van der Waals surface area contributed by atoms with Gasteiger partial charge in [-0.25, -0.2) is 0 Å². The largest absolute Gasteiger partial charge is 0.353 e. The lowest BCUT2D eigenvalue weighted by Crippen LogP contribution is -2.35. The Morgan fingerprint density at radius 3 is 2.44 bits per heavy atom. The van der Waals surface area contributed by atoms with Crippen molar-refractivity contribution in [3.63, 3.8) is 0 Å². The molecule has 1 fully saturated rings. The lowest BCUT2D eigenvalue weighted by Gasteiger charge is -2.22. The summed E-state index contributed by atoms with van der Waals surface area (Å²) in [5.74, 6) is 0.250. The van der Waals surface area contributed by atoms with Crippen molar-refractivity contribution in [1.82, 2.24) is 5.32 Å². The predicted octanol–water partition coefficient (Wildman–Crippen LogP) is 2.34. The van der Waals surface area contributed by atoms with Gasteiger partial charge in [-0.2, -0.15) is 0 Å². The fourth-order valence-electron chi connectivity index (χ4n) is 2.33. The van der Waals surface area contributed by atoms with Crippen molar-refractivity contribution in [2.75, 3.05) is 6.54 Å². The maximum absolute atomic E-state index is 11.6. The molecule has 0 unspecified atom stereocenters. The monoisotopic (exact) mass is 226 g/mol. The van der Waals surface area contributed by atoms with Gasteiger partial charge in [0, 0.05) is 12.5 Å². The highest BCUT2D eigenvalue weighted by atomic mass is 16.1. The Kier molecular flexibility index (Phi) is 7.23. The molecule has 3 N–H and O–H groups in total. The Labute approximate surface area is 99.2 Å². The Balaban J connectivity index is 1.97. The van der Waals surface area contributed by atoms with Crippen LogP contribution in [0.25, 0.3) is 0 Å². The first-order chi connectivity index (χ1) is 7.83. The zero-order valence-electron chi connectivity index (χ0n) is 10.3. The SMILES string of the molecule is NCCCCCCC(=O)NC1CCCCC1. The number of unbranched alkanes of at least 4 members (excludes halogenated alkanes) is 3. The molecule has 94 valence electrons. The number of carbonyl (C=O) groups excluding carboxylic acids is 1. The molecule has 0 aromatic heterocycles. The van der Waals surface area contributed by atoms with E-state index in [4.69, 9.17) is 5.73 Å². The average molecular weight is 226 g/mol. The highest BCUT2D eigenvalue weighted by Crippen LogP contribution is 2.17. The van der Waals surface area contributed by atoms with Crippen molar-refractivity contribution in [2.45, 2.75) is 70.3 Å². The third-order valence-corrected chi connectivity index (χ3v) is 3.33. The van der Waals surface area contributed by atoms with Gasteiger partial charge in [0.25, 0.3) is 0 Å². The first-order valence-electron chi connectivity index (χ1n) is 6.82. The molecular formula is C13H26N2O. The maximum atomic E-state index is 11.6. The zero-order valence-corrected chi connectivity index (χ0v) is 10.3. The smallest absolute Gasteiger partial charge is 0.220 e. The first kappa shape index (κ1) is 13.5. The summed E-state index contributed by atoms with van der Waals surface area (Å²) in [6, 6.07) is 0.463. The van der Waals surface area contributed by atoms with Gasteiger partial charge >= 0.3 is 0 Å². The van der Waals surface area contributed by atoms with Crippen molar-refractivity contribution < 1.29 is 4.79 Å². The molecule has 1 rings (SSSR count). The second-order valence-corrected chi connectivity index (χ2v) is 4.86. The standard InChI is InChI=1S/C13H26N2O/c14-11-7-2-1-6-10-13(16)15-12-8-4-3-5-9-12/h12H,1-11,14H2,(H,15,16). The van der Waals surface area contributed by atoms with Gasteiger partial charge in [-0.15, -0.1) is 0 Å². The molecule has 1 amide bonds. The molecule has 0 aromatic carbocycles. The molecule has 16 heavy (non-hydrogen) atoms. The van der Waals surface area contributed by atoms with Crippen LogP contribution >= 0.6 is 0 Å². The molecule has 0 spiro atoms. The average Bonchev–Trinajstić information content (AvgIpc) is 2.30. The van der Waals surface area contributed by atoms with Crippen LogP contribution in [0, 0.1) is 0 Å². The fraction of sp³-hybridized carbons (Fsp3) is 0.923. The van der Waals surface area contributed by atoms with E-state index in [1.807, 2.05) is 0 Å². The normalized spacial score (nSPS) is 17.3. The van der Waals surface area contributed by atoms with Crippen molar-refractivity contribution in [1.29, 1.82) is 0 Å². The van der Waals surface area contributed by atoms with Crippen molar-refractivity contribution in [3.05, 3.63) is 0 Å². The van der Waals surface area contributed by atoms with E-state index in [2.05, 4.69) is 5.32 Å². The molecule has 0 aliphatic heterocycles. The summed E-state index contributed by atoms with van der Waals surface area (Å²) < 4.78 is 0. The molecule has 3 heteroatoms. The number of nitrogens with one attached hydrogen (secondary N) is 1. The lowest BCUT2D eigenvalue weighted by molar-refractivity contribution is -0.122. The van der Waals surface area contributed by atoms with Gasteiger partial charge in [0.1, 0.15) is 0 Å². The fourth-order valence-corrected chi connectivity index (χ4v) is 2.33. The second kappa shape index (κ2) is 8.57. The van der Waals surface area contributed by atoms with E-state index in [9.17, 15) is 4.79 Å². The highest BCUT2D eigenvalue weighted by Gasteiger charge is 2.14. The molecule has 0 heterocycles. The number of nitrogens with two attached hydrogens (primary N) is 1. The minimum absolute atomic E-state index is 0.250. The maximum Gasteiger partial charge on any atom is 0.220 e. The van der Waals surface area contributed by atoms with Crippen LogP contribution in [0.1, 0.15) is 64.2 Å². The Morgan fingerprint density at radius 2 is 1.75 bits per heavy atom. The molecule has 0 saturated heterocycles. The summed E-state index contributed by atoms with van der Waals surface area (Å²) in [5.41, 5.74) is 5.41. The summed E-state index contributed by atoms with van der Waals surface area (Å²) >= 11 is 0. The summed E-state index contributed by atoms with van der Waals surface area (Å²) in [5, 5.41) is 3.15. The van der Waals surface area contributed by atoms with Crippen molar-refractivity contribution >= 4 is 5.91 Å². The van der Waals surface area contributed by atoms with Crippen molar-refractivity contribution in [3.8, 4) is 0 Å². The second-order valence-electron chi connectivity index (χ2n) is 4.86. The van der Waals surface area contributed by atoms with Crippen molar-refractivity contribution in [2.24, 2.45) is 5.73 Å². The Morgan fingerprint density at radius 1 is 1.06 bits per heavy atom. The summed E-state index contributed by atoms with van der Waals surface area (Å²) in [7, 11) is 0. The van der Waals surface area contributed by atoms with Crippen LogP contribution in [0.5, 0.6) is 0 Å².